The summed E-state index contributed by atoms with van der Waals surface area (Å²) >= 11 is 0. The Kier molecular flexibility index (Phi) is 6.56. The smallest absolute Gasteiger partial charge is 0.219 e. The molecular formula is C45H25N5. The molecule has 9 rings (SSSR count). The topological polar surface area (TPSA) is 61.8 Å². The molecule has 5 nitrogen and oxygen atoms in total. The number of para-hydroxylation sites is 5. The van der Waals surface area contributed by atoms with Gasteiger partial charge in [0.15, 0.2) is 0 Å². The third-order valence-electron chi connectivity index (χ3n) is 9.66. The highest BCUT2D eigenvalue weighted by Crippen LogP contribution is 2.44. The van der Waals surface area contributed by atoms with Crippen molar-refractivity contribution >= 4 is 49.3 Å². The van der Waals surface area contributed by atoms with E-state index >= 15 is 0 Å². The van der Waals surface area contributed by atoms with Gasteiger partial charge in [-0.25, -0.2) is 4.85 Å². The summed E-state index contributed by atoms with van der Waals surface area (Å²) in [6.45, 7) is 8.43. The summed E-state index contributed by atoms with van der Waals surface area (Å²) in [6.07, 6.45) is 0. The maximum absolute atomic E-state index is 10.6. The molecule has 0 aliphatic carbocycles. The number of aromatic nitrogens is 2. The molecule has 50 heavy (non-hydrogen) atoms. The number of hydrogen-bond acceptors (Lipinski definition) is 2. The van der Waals surface area contributed by atoms with E-state index in [1.54, 1.807) is 6.07 Å². The van der Waals surface area contributed by atoms with E-state index < -0.39 is 0 Å². The molecule has 0 fully saturated rings. The van der Waals surface area contributed by atoms with Crippen LogP contribution in [0.25, 0.3) is 82.1 Å². The predicted molar refractivity (Wildman–Crippen MR) is 202 cm³/mol. The monoisotopic (exact) mass is 635 g/mol. The normalized spacial score (nSPS) is 11.1. The van der Waals surface area contributed by atoms with Crippen LogP contribution >= 0.6 is 0 Å². The van der Waals surface area contributed by atoms with Crippen LogP contribution in [0.3, 0.4) is 0 Å². The Morgan fingerprint density at radius 1 is 0.460 bits per heavy atom. The number of nitrogens with zero attached hydrogens (tertiary/aromatic N) is 5. The van der Waals surface area contributed by atoms with Crippen molar-refractivity contribution in [2.24, 2.45) is 0 Å². The molecule has 0 unspecified atom stereocenters. The van der Waals surface area contributed by atoms with E-state index in [1.807, 2.05) is 72.8 Å². The third kappa shape index (κ3) is 4.17. The molecule has 0 radical (unpaired) electrons. The molecular weight excluding hydrogens is 611 g/mol. The van der Waals surface area contributed by atoms with Crippen molar-refractivity contribution in [3.05, 3.63) is 174 Å². The first-order valence-electron chi connectivity index (χ1n) is 16.3. The molecule has 9 aromatic rings. The number of benzene rings is 7. The van der Waals surface area contributed by atoms with Gasteiger partial charge in [-0.05, 0) is 59.7 Å². The van der Waals surface area contributed by atoms with Crippen LogP contribution in [0.4, 0.5) is 5.69 Å². The van der Waals surface area contributed by atoms with Gasteiger partial charge in [0, 0.05) is 38.2 Å². The van der Waals surface area contributed by atoms with E-state index in [2.05, 4.69) is 98.9 Å². The van der Waals surface area contributed by atoms with Gasteiger partial charge in [-0.2, -0.15) is 10.5 Å². The predicted octanol–water partition coefficient (Wildman–Crippen LogP) is 11.5. The van der Waals surface area contributed by atoms with Gasteiger partial charge in [0.05, 0.1) is 57.7 Å². The molecule has 5 heteroatoms. The Balaban J connectivity index is 1.26. The van der Waals surface area contributed by atoms with Crippen molar-refractivity contribution in [3.8, 4) is 45.8 Å². The van der Waals surface area contributed by atoms with Gasteiger partial charge in [-0.15, -0.1) is 0 Å². The van der Waals surface area contributed by atoms with Crippen molar-refractivity contribution in [1.29, 1.82) is 10.5 Å². The molecule has 0 saturated heterocycles. The maximum Gasteiger partial charge on any atom is 0.219 e. The fraction of sp³-hybridized carbons (Fsp3) is 0. The Labute approximate surface area is 288 Å². The van der Waals surface area contributed by atoms with Crippen LogP contribution in [0.5, 0.6) is 0 Å². The van der Waals surface area contributed by atoms with Gasteiger partial charge in [-0.3, -0.25) is 0 Å². The van der Waals surface area contributed by atoms with E-state index in [0.29, 0.717) is 33.6 Å². The van der Waals surface area contributed by atoms with Gasteiger partial charge in [0.25, 0.3) is 0 Å². The largest absolute Gasteiger partial charge is 0.319 e. The van der Waals surface area contributed by atoms with E-state index in [0.717, 1.165) is 49.7 Å². The summed E-state index contributed by atoms with van der Waals surface area (Å²) < 4.78 is 4.37. The van der Waals surface area contributed by atoms with Gasteiger partial charge in [-0.1, -0.05) is 103 Å². The minimum atomic E-state index is 0.325. The first-order chi connectivity index (χ1) is 24.7. The average Bonchev–Trinajstić information content (AvgIpc) is 3.70. The van der Waals surface area contributed by atoms with Crippen molar-refractivity contribution in [3.63, 3.8) is 0 Å². The molecule has 0 spiro atoms. The van der Waals surface area contributed by atoms with Crippen LogP contribution in [-0.4, -0.2) is 9.13 Å². The third-order valence-corrected chi connectivity index (χ3v) is 9.66. The van der Waals surface area contributed by atoms with Crippen molar-refractivity contribution < 1.29 is 0 Å². The zero-order valence-electron chi connectivity index (χ0n) is 26.7. The SMILES string of the molecule is [C-]#[N+]c1c(-n2c3ccccc3c3ccccc32)ccc(C#N)c1-c1ccc(-c2ccccc2-n2c3ccccc3c3ccccc32)cc1C#N. The summed E-state index contributed by atoms with van der Waals surface area (Å²) in [7, 11) is 0. The summed E-state index contributed by atoms with van der Waals surface area (Å²) in [5.74, 6) is 0. The second-order valence-electron chi connectivity index (χ2n) is 12.2. The molecule has 230 valence electrons. The van der Waals surface area contributed by atoms with Crippen LogP contribution < -0.4 is 0 Å². The van der Waals surface area contributed by atoms with E-state index in [9.17, 15) is 10.5 Å². The summed E-state index contributed by atoms with van der Waals surface area (Å²) in [6, 6.07) is 55.4. The van der Waals surface area contributed by atoms with Crippen molar-refractivity contribution in [2.45, 2.75) is 0 Å². The highest BCUT2D eigenvalue weighted by Gasteiger charge is 2.23. The van der Waals surface area contributed by atoms with Gasteiger partial charge in [0.1, 0.15) is 0 Å². The molecule has 0 atom stereocenters. The van der Waals surface area contributed by atoms with Crippen molar-refractivity contribution in [2.75, 3.05) is 0 Å². The molecule has 2 aromatic heterocycles. The second kappa shape index (κ2) is 11.4. The van der Waals surface area contributed by atoms with Crippen LogP contribution in [-0.2, 0) is 0 Å². The average molecular weight is 636 g/mol. The number of nitriles is 2. The van der Waals surface area contributed by atoms with Gasteiger partial charge in [0.2, 0.25) is 5.69 Å². The first-order valence-corrected chi connectivity index (χ1v) is 16.3. The van der Waals surface area contributed by atoms with Gasteiger partial charge >= 0.3 is 0 Å². The van der Waals surface area contributed by atoms with Crippen LogP contribution in [0.15, 0.2) is 152 Å². The highest BCUT2D eigenvalue weighted by molar-refractivity contribution is 6.11. The zero-order valence-corrected chi connectivity index (χ0v) is 26.7. The van der Waals surface area contributed by atoms with Crippen LogP contribution in [0.2, 0.25) is 0 Å². The minimum absolute atomic E-state index is 0.325. The van der Waals surface area contributed by atoms with Crippen molar-refractivity contribution in [1.82, 2.24) is 9.13 Å². The second-order valence-corrected chi connectivity index (χ2v) is 12.2. The standard InChI is InChI=1S/C45H25N5/c1-48-45-43(50-41-20-10-5-15-36(41)37-16-6-11-21-42(37)50)25-23-30(27-46)44(45)33-24-22-29(26-31(33)28-47)32-12-2-7-17-38(32)49-39-18-8-3-13-34(39)35-14-4-9-19-40(35)49/h2-26H. The molecule has 0 N–H and O–H groups in total. The Hall–Kier alpha value is -7.39. The zero-order chi connectivity index (χ0) is 33.8. The van der Waals surface area contributed by atoms with Crippen LogP contribution in [0.1, 0.15) is 11.1 Å². The molecule has 7 aromatic carbocycles. The summed E-state index contributed by atoms with van der Waals surface area (Å²) in [5, 5.41) is 25.5. The van der Waals surface area contributed by atoms with Crippen LogP contribution in [0, 0.1) is 29.2 Å². The van der Waals surface area contributed by atoms with E-state index in [-0.39, 0.29) is 0 Å². The molecule has 2 heterocycles. The maximum atomic E-state index is 10.6. The van der Waals surface area contributed by atoms with E-state index in [4.69, 9.17) is 6.57 Å². The lowest BCUT2D eigenvalue weighted by Gasteiger charge is -2.17. The highest BCUT2D eigenvalue weighted by atomic mass is 15.0. The molecule has 0 saturated carbocycles. The molecule has 0 amide bonds. The Bertz CT molecular complexity index is 2870. The Morgan fingerprint density at radius 3 is 1.46 bits per heavy atom. The lowest BCUT2D eigenvalue weighted by atomic mass is 9.91. The van der Waals surface area contributed by atoms with Gasteiger partial charge < -0.3 is 9.13 Å². The number of fused-ring (bicyclic) bond motifs is 6. The number of rotatable bonds is 4. The lowest BCUT2D eigenvalue weighted by molar-refractivity contribution is 1.18. The molecule has 0 aliphatic rings. The lowest BCUT2D eigenvalue weighted by Crippen LogP contribution is -1.99. The Morgan fingerprint density at radius 2 is 0.940 bits per heavy atom. The fourth-order valence-corrected chi connectivity index (χ4v) is 7.54. The summed E-state index contributed by atoms with van der Waals surface area (Å²) in [5.41, 5.74) is 9.68. The fourth-order valence-electron chi connectivity index (χ4n) is 7.54. The number of hydrogen-bond donors (Lipinski definition) is 0. The van der Waals surface area contributed by atoms with E-state index in [1.165, 1.54) is 10.8 Å². The minimum Gasteiger partial charge on any atom is -0.319 e. The summed E-state index contributed by atoms with van der Waals surface area (Å²) in [4.78, 5) is 4.05. The molecule has 0 bridgehead atoms. The first kappa shape index (κ1) is 28.8. The molecule has 0 aliphatic heterocycles. The quantitative estimate of drug-likeness (QED) is 0.181.